The first-order valence-electron chi connectivity index (χ1n) is 8.02. The predicted molar refractivity (Wildman–Crippen MR) is 116 cm³/mol. The van der Waals surface area contributed by atoms with E-state index < -0.39 is 0 Å². The number of nitrogens with one attached hydrogen (secondary N) is 1. The fourth-order valence-corrected chi connectivity index (χ4v) is 3.14. The summed E-state index contributed by atoms with van der Waals surface area (Å²) in [5.74, 6) is 2.19. The van der Waals surface area contributed by atoms with Crippen LogP contribution in [0.3, 0.4) is 0 Å². The van der Waals surface area contributed by atoms with E-state index in [0.717, 1.165) is 23.9 Å². The van der Waals surface area contributed by atoms with Crippen molar-refractivity contribution >= 4 is 41.3 Å². The summed E-state index contributed by atoms with van der Waals surface area (Å²) in [5.41, 5.74) is 2.26. The third-order valence-electron chi connectivity index (χ3n) is 3.64. The monoisotopic (exact) mass is 474 g/mol. The van der Waals surface area contributed by atoms with Gasteiger partial charge in [0.1, 0.15) is 5.75 Å². The van der Waals surface area contributed by atoms with Gasteiger partial charge in [-0.3, -0.25) is 4.99 Å². The highest BCUT2D eigenvalue weighted by Gasteiger charge is 2.09. The maximum Gasteiger partial charge on any atom is 0.194 e. The average Bonchev–Trinajstić information content (AvgIpc) is 3.05. The molecule has 0 atom stereocenters. The highest BCUT2D eigenvalue weighted by Crippen LogP contribution is 2.19. The Morgan fingerprint density at radius 2 is 2.00 bits per heavy atom. The number of aliphatic imine (C=N–C) groups is 1. The number of halogens is 1. The molecule has 0 spiro atoms. The molecule has 0 aliphatic carbocycles. The summed E-state index contributed by atoms with van der Waals surface area (Å²) in [6.45, 7) is 5.79. The van der Waals surface area contributed by atoms with Crippen LogP contribution in [0.2, 0.25) is 0 Å². The number of aromatic nitrogens is 1. The largest absolute Gasteiger partial charge is 0.497 e. The quantitative estimate of drug-likeness (QED) is 0.389. The molecule has 0 amide bonds. The highest BCUT2D eigenvalue weighted by molar-refractivity contribution is 14.0. The molecule has 25 heavy (non-hydrogen) atoms. The molecule has 0 bridgehead atoms. The summed E-state index contributed by atoms with van der Waals surface area (Å²) in [4.78, 5) is 11.1. The van der Waals surface area contributed by atoms with E-state index in [2.05, 4.69) is 51.6 Å². The van der Waals surface area contributed by atoms with Gasteiger partial charge in [0.15, 0.2) is 5.96 Å². The Morgan fingerprint density at radius 3 is 2.52 bits per heavy atom. The molecule has 2 rings (SSSR count). The first kappa shape index (κ1) is 21.7. The molecule has 7 heteroatoms. The van der Waals surface area contributed by atoms with Crippen molar-refractivity contribution in [3.63, 3.8) is 0 Å². The highest BCUT2D eigenvalue weighted by atomic mass is 127. The van der Waals surface area contributed by atoms with Crippen molar-refractivity contribution in [3.8, 4) is 5.75 Å². The van der Waals surface area contributed by atoms with E-state index in [1.54, 1.807) is 25.5 Å². The molecule has 0 fully saturated rings. The molecule has 2 aromatic rings. The summed E-state index contributed by atoms with van der Waals surface area (Å²) in [5, 5.41) is 6.66. The van der Waals surface area contributed by atoms with Crippen LogP contribution in [0.5, 0.6) is 5.75 Å². The zero-order valence-electron chi connectivity index (χ0n) is 15.4. The third kappa shape index (κ3) is 6.47. The molecule has 0 aliphatic heterocycles. The number of hydrogen-bond donors (Lipinski definition) is 1. The zero-order valence-corrected chi connectivity index (χ0v) is 18.6. The van der Waals surface area contributed by atoms with E-state index >= 15 is 0 Å². The third-order valence-corrected chi connectivity index (χ3v) is 4.84. The topological polar surface area (TPSA) is 49.8 Å². The summed E-state index contributed by atoms with van der Waals surface area (Å²) in [7, 11) is 5.50. The second-order valence-corrected chi connectivity index (χ2v) is 6.83. The number of nitrogens with zero attached hydrogens (tertiary/aromatic N) is 3. The Balaban J connectivity index is 0.00000312. The first-order valence-corrected chi connectivity index (χ1v) is 8.90. The van der Waals surface area contributed by atoms with Gasteiger partial charge < -0.3 is 15.0 Å². The number of hydrogen-bond acceptors (Lipinski definition) is 4. The summed E-state index contributed by atoms with van der Waals surface area (Å²) < 4.78 is 5.19. The van der Waals surface area contributed by atoms with Gasteiger partial charge in [0.05, 0.1) is 24.4 Å². The lowest BCUT2D eigenvalue weighted by Crippen LogP contribution is -2.38. The number of guanidine groups is 1. The van der Waals surface area contributed by atoms with Crippen molar-refractivity contribution in [2.75, 3.05) is 21.2 Å². The molecule has 5 nitrogen and oxygen atoms in total. The average molecular weight is 474 g/mol. The molecule has 138 valence electrons. The van der Waals surface area contributed by atoms with Gasteiger partial charge in [0, 0.05) is 31.9 Å². The molecule has 0 saturated heterocycles. The van der Waals surface area contributed by atoms with Gasteiger partial charge in [0.25, 0.3) is 0 Å². The van der Waals surface area contributed by atoms with Crippen molar-refractivity contribution in [2.45, 2.75) is 32.9 Å². The minimum absolute atomic E-state index is 0. The normalized spacial score (nSPS) is 11.2. The van der Waals surface area contributed by atoms with Crippen molar-refractivity contribution in [1.82, 2.24) is 15.2 Å². The molecule has 1 aromatic heterocycles. The molecule has 0 saturated carbocycles. The van der Waals surface area contributed by atoms with E-state index in [-0.39, 0.29) is 24.0 Å². The summed E-state index contributed by atoms with van der Waals surface area (Å²) in [6.07, 6.45) is 0. The predicted octanol–water partition coefficient (Wildman–Crippen LogP) is 4.10. The lowest BCUT2D eigenvalue weighted by atomic mass is 10.2. The van der Waals surface area contributed by atoms with Gasteiger partial charge in [0.2, 0.25) is 0 Å². The van der Waals surface area contributed by atoms with E-state index in [1.807, 2.05) is 19.2 Å². The number of rotatable bonds is 6. The Hall–Kier alpha value is -1.35. The van der Waals surface area contributed by atoms with Gasteiger partial charge in [-0.15, -0.1) is 35.3 Å². The SMILES string of the molecule is CN=C(NCc1csc(C(C)C)n1)N(C)Cc1ccc(OC)cc1.I. The van der Waals surface area contributed by atoms with Crippen molar-refractivity contribution in [2.24, 2.45) is 4.99 Å². The Bertz CT molecular complexity index is 670. The van der Waals surface area contributed by atoms with Crippen LogP contribution in [-0.2, 0) is 13.1 Å². The van der Waals surface area contributed by atoms with Crippen LogP contribution >= 0.6 is 35.3 Å². The zero-order chi connectivity index (χ0) is 17.5. The Kier molecular flexibility index (Phi) is 9.20. The smallest absolute Gasteiger partial charge is 0.194 e. The van der Waals surface area contributed by atoms with E-state index in [0.29, 0.717) is 12.5 Å². The van der Waals surface area contributed by atoms with E-state index in [4.69, 9.17) is 4.74 Å². The van der Waals surface area contributed by atoms with Gasteiger partial charge >= 0.3 is 0 Å². The fourth-order valence-electron chi connectivity index (χ4n) is 2.30. The molecule has 1 aromatic carbocycles. The van der Waals surface area contributed by atoms with Crippen LogP contribution in [-0.4, -0.2) is 37.0 Å². The number of benzene rings is 1. The van der Waals surface area contributed by atoms with Crippen LogP contribution in [0.4, 0.5) is 0 Å². The van der Waals surface area contributed by atoms with Crippen molar-refractivity contribution in [3.05, 3.63) is 45.9 Å². The molecule has 1 heterocycles. The number of methoxy groups -OCH3 is 1. The maximum absolute atomic E-state index is 5.19. The van der Waals surface area contributed by atoms with Crippen LogP contribution < -0.4 is 10.1 Å². The maximum atomic E-state index is 5.19. The first-order chi connectivity index (χ1) is 11.5. The van der Waals surface area contributed by atoms with Crippen molar-refractivity contribution < 1.29 is 4.74 Å². The number of ether oxygens (including phenoxy) is 1. The van der Waals surface area contributed by atoms with E-state index in [1.165, 1.54) is 10.6 Å². The van der Waals surface area contributed by atoms with Crippen molar-refractivity contribution in [1.29, 1.82) is 0 Å². The van der Waals surface area contributed by atoms with Crippen LogP contribution in [0.15, 0.2) is 34.6 Å². The second-order valence-electron chi connectivity index (χ2n) is 5.94. The Morgan fingerprint density at radius 1 is 1.32 bits per heavy atom. The summed E-state index contributed by atoms with van der Waals surface area (Å²) >= 11 is 1.71. The van der Waals surface area contributed by atoms with Gasteiger partial charge in [-0.25, -0.2) is 4.98 Å². The molecule has 0 aliphatic rings. The molecule has 0 unspecified atom stereocenters. The lowest BCUT2D eigenvalue weighted by molar-refractivity contribution is 0.414. The Labute approximate surface area is 171 Å². The standard InChI is InChI=1S/C18H26N4OS.HI/c1-13(2)17-21-15(12-24-17)10-20-18(19-3)22(4)11-14-6-8-16(23-5)9-7-14;/h6-9,12-13H,10-11H2,1-5H3,(H,19,20);1H. The molecular formula is C18H27IN4OS. The van der Waals surface area contributed by atoms with Crippen LogP contribution in [0.25, 0.3) is 0 Å². The minimum atomic E-state index is 0. The van der Waals surface area contributed by atoms with Gasteiger partial charge in [-0.05, 0) is 17.7 Å². The molecule has 1 N–H and O–H groups in total. The second kappa shape index (κ2) is 10.6. The molecular weight excluding hydrogens is 447 g/mol. The lowest BCUT2D eigenvalue weighted by Gasteiger charge is -2.22. The minimum Gasteiger partial charge on any atom is -0.497 e. The van der Waals surface area contributed by atoms with Crippen LogP contribution in [0.1, 0.15) is 36.0 Å². The van der Waals surface area contributed by atoms with Gasteiger partial charge in [-0.2, -0.15) is 0 Å². The fraction of sp³-hybridized carbons (Fsp3) is 0.444. The molecule has 0 radical (unpaired) electrons. The summed E-state index contributed by atoms with van der Waals surface area (Å²) in [6, 6.07) is 8.08. The van der Waals surface area contributed by atoms with Gasteiger partial charge in [-0.1, -0.05) is 26.0 Å². The number of thiazole rings is 1. The van der Waals surface area contributed by atoms with Crippen LogP contribution in [0, 0.1) is 0 Å². The van der Waals surface area contributed by atoms with E-state index in [9.17, 15) is 0 Å².